The van der Waals surface area contributed by atoms with Crippen LogP contribution in [0.4, 0.5) is 0 Å². The lowest BCUT2D eigenvalue weighted by molar-refractivity contribution is 0.0501. The second-order valence-electron chi connectivity index (χ2n) is 5.10. The molecular formula is C18H16O3S. The van der Waals surface area contributed by atoms with Gasteiger partial charge in [-0.15, -0.1) is 0 Å². The number of fused-ring (bicyclic) bond motifs is 2. The van der Waals surface area contributed by atoms with E-state index in [0.717, 1.165) is 23.6 Å². The fourth-order valence-electron chi connectivity index (χ4n) is 2.37. The fraction of sp³-hybridized carbons (Fsp3) is 0.222. The molecule has 0 aliphatic rings. The molecule has 22 heavy (non-hydrogen) atoms. The number of esters is 1. The molecule has 0 aliphatic carbocycles. The van der Waals surface area contributed by atoms with Gasteiger partial charge in [-0.2, -0.15) is 0 Å². The van der Waals surface area contributed by atoms with Gasteiger partial charge in [-0.25, -0.2) is 4.79 Å². The average molecular weight is 312 g/mol. The Hall–Kier alpha value is -2.20. The first-order valence-corrected chi connectivity index (χ1v) is 7.75. The van der Waals surface area contributed by atoms with Crippen LogP contribution in [0.2, 0.25) is 0 Å². The molecule has 0 aliphatic heterocycles. The van der Waals surface area contributed by atoms with Crippen molar-refractivity contribution in [3.63, 3.8) is 0 Å². The topological polar surface area (TPSA) is 39.4 Å². The summed E-state index contributed by atoms with van der Waals surface area (Å²) in [5, 5.41) is 1.64. The van der Waals surface area contributed by atoms with E-state index >= 15 is 0 Å². The number of carbonyl (C=O) groups excluding carboxylic acids is 1. The summed E-state index contributed by atoms with van der Waals surface area (Å²) in [6.45, 7) is 2.47. The SMILES string of the molecule is CCCCOC(=O)c1cccc2c(=S)c3ccccc3oc12. The maximum atomic E-state index is 12.3. The van der Waals surface area contributed by atoms with Crippen LogP contribution in [0.5, 0.6) is 0 Å². The predicted molar refractivity (Wildman–Crippen MR) is 89.7 cm³/mol. The third-order valence-corrected chi connectivity index (χ3v) is 3.99. The smallest absolute Gasteiger partial charge is 0.341 e. The number of unbranched alkanes of at least 4 members (excludes halogenated alkanes) is 1. The number of hydrogen-bond acceptors (Lipinski definition) is 4. The second kappa shape index (κ2) is 6.28. The first kappa shape index (κ1) is 14.7. The Morgan fingerprint density at radius 2 is 1.91 bits per heavy atom. The molecule has 0 radical (unpaired) electrons. The molecular weight excluding hydrogens is 296 g/mol. The molecule has 112 valence electrons. The number of benzene rings is 2. The number of ether oxygens (including phenoxy) is 1. The van der Waals surface area contributed by atoms with E-state index in [4.69, 9.17) is 21.4 Å². The van der Waals surface area contributed by atoms with Crippen molar-refractivity contribution in [3.05, 3.63) is 52.5 Å². The van der Waals surface area contributed by atoms with Crippen LogP contribution in [0, 0.1) is 4.51 Å². The standard InChI is InChI=1S/C18H16O3S/c1-2-3-11-20-18(19)14-9-6-8-13-16(14)21-15-10-5-4-7-12(15)17(13)22/h4-10H,2-3,11H2,1H3. The third kappa shape index (κ3) is 2.62. The van der Waals surface area contributed by atoms with Gasteiger partial charge in [0.2, 0.25) is 0 Å². The van der Waals surface area contributed by atoms with Crippen molar-refractivity contribution in [2.75, 3.05) is 6.61 Å². The van der Waals surface area contributed by atoms with Crippen LogP contribution in [0.3, 0.4) is 0 Å². The van der Waals surface area contributed by atoms with Crippen molar-refractivity contribution in [2.24, 2.45) is 0 Å². The zero-order valence-electron chi connectivity index (χ0n) is 12.3. The van der Waals surface area contributed by atoms with Crippen LogP contribution in [0.1, 0.15) is 30.1 Å². The fourth-order valence-corrected chi connectivity index (χ4v) is 2.70. The van der Waals surface area contributed by atoms with E-state index in [0.29, 0.717) is 27.8 Å². The molecule has 0 fully saturated rings. The minimum atomic E-state index is -0.368. The van der Waals surface area contributed by atoms with Crippen molar-refractivity contribution in [3.8, 4) is 0 Å². The monoisotopic (exact) mass is 312 g/mol. The molecule has 0 bridgehead atoms. The largest absolute Gasteiger partial charge is 0.462 e. The Bertz CT molecular complexity index is 896. The molecule has 0 unspecified atom stereocenters. The number of carbonyl (C=O) groups is 1. The van der Waals surface area contributed by atoms with E-state index in [1.807, 2.05) is 30.3 Å². The van der Waals surface area contributed by atoms with E-state index in [1.54, 1.807) is 12.1 Å². The molecule has 0 saturated carbocycles. The van der Waals surface area contributed by atoms with Gasteiger partial charge in [0.25, 0.3) is 0 Å². The van der Waals surface area contributed by atoms with Crippen LogP contribution in [0.15, 0.2) is 46.9 Å². The molecule has 2 aromatic carbocycles. The van der Waals surface area contributed by atoms with Gasteiger partial charge in [0.15, 0.2) is 5.58 Å². The van der Waals surface area contributed by atoms with Gasteiger partial charge < -0.3 is 9.15 Å². The average Bonchev–Trinajstić information content (AvgIpc) is 2.55. The summed E-state index contributed by atoms with van der Waals surface area (Å²) in [5.74, 6) is -0.368. The van der Waals surface area contributed by atoms with Gasteiger partial charge in [0.1, 0.15) is 11.1 Å². The highest BCUT2D eigenvalue weighted by Crippen LogP contribution is 2.28. The zero-order chi connectivity index (χ0) is 15.5. The summed E-state index contributed by atoms with van der Waals surface area (Å²) < 4.78 is 11.9. The minimum absolute atomic E-state index is 0.368. The van der Waals surface area contributed by atoms with Gasteiger partial charge in [-0.05, 0) is 30.7 Å². The summed E-state index contributed by atoms with van der Waals surface area (Å²) >= 11 is 5.54. The van der Waals surface area contributed by atoms with E-state index in [2.05, 4.69) is 6.92 Å². The molecule has 1 heterocycles. The van der Waals surface area contributed by atoms with Gasteiger partial charge in [-0.1, -0.05) is 43.8 Å². The summed E-state index contributed by atoms with van der Waals surface area (Å²) in [6, 6.07) is 13.0. The molecule has 4 heteroatoms. The van der Waals surface area contributed by atoms with Crippen LogP contribution >= 0.6 is 12.2 Å². The lowest BCUT2D eigenvalue weighted by atomic mass is 10.1. The molecule has 0 N–H and O–H groups in total. The van der Waals surface area contributed by atoms with Crippen LogP contribution in [-0.2, 0) is 4.74 Å². The summed E-state index contributed by atoms with van der Waals surface area (Å²) in [5.41, 5.74) is 1.59. The molecule has 3 rings (SSSR count). The highest BCUT2D eigenvalue weighted by molar-refractivity contribution is 7.72. The van der Waals surface area contributed by atoms with Crippen LogP contribution < -0.4 is 0 Å². The lowest BCUT2D eigenvalue weighted by Crippen LogP contribution is -2.07. The van der Waals surface area contributed by atoms with Gasteiger partial charge >= 0.3 is 5.97 Å². The Morgan fingerprint density at radius 3 is 2.73 bits per heavy atom. The van der Waals surface area contributed by atoms with Crippen molar-refractivity contribution in [1.29, 1.82) is 0 Å². The van der Waals surface area contributed by atoms with Gasteiger partial charge in [-0.3, -0.25) is 0 Å². The quantitative estimate of drug-likeness (QED) is 0.285. The minimum Gasteiger partial charge on any atom is -0.462 e. The normalized spacial score (nSPS) is 11.0. The van der Waals surface area contributed by atoms with Crippen molar-refractivity contribution >= 4 is 40.1 Å². The highest BCUT2D eigenvalue weighted by Gasteiger charge is 2.15. The van der Waals surface area contributed by atoms with Crippen molar-refractivity contribution in [1.82, 2.24) is 0 Å². The Balaban J connectivity index is 2.16. The van der Waals surface area contributed by atoms with E-state index in [9.17, 15) is 4.79 Å². The zero-order valence-corrected chi connectivity index (χ0v) is 13.1. The summed E-state index contributed by atoms with van der Waals surface area (Å²) in [6.07, 6.45) is 1.83. The predicted octanol–water partition coefficient (Wildman–Crippen LogP) is 5.27. The Labute approximate surface area is 133 Å². The van der Waals surface area contributed by atoms with Gasteiger partial charge in [0, 0.05) is 10.8 Å². The van der Waals surface area contributed by atoms with Crippen LogP contribution in [-0.4, -0.2) is 12.6 Å². The first-order valence-electron chi connectivity index (χ1n) is 7.34. The summed E-state index contributed by atoms with van der Waals surface area (Å²) in [7, 11) is 0. The number of para-hydroxylation sites is 2. The molecule has 0 atom stereocenters. The Kier molecular flexibility index (Phi) is 4.20. The molecule has 3 nitrogen and oxygen atoms in total. The molecule has 1 aromatic heterocycles. The lowest BCUT2D eigenvalue weighted by Gasteiger charge is -2.08. The molecule has 0 spiro atoms. The van der Waals surface area contributed by atoms with Crippen LogP contribution in [0.25, 0.3) is 21.9 Å². The molecule has 3 aromatic rings. The third-order valence-electron chi connectivity index (χ3n) is 3.55. The maximum absolute atomic E-state index is 12.3. The van der Waals surface area contributed by atoms with Gasteiger partial charge in [0.05, 0.1) is 11.1 Å². The Morgan fingerprint density at radius 1 is 1.14 bits per heavy atom. The van der Waals surface area contributed by atoms with E-state index < -0.39 is 0 Å². The van der Waals surface area contributed by atoms with Crippen molar-refractivity contribution in [2.45, 2.75) is 19.8 Å². The first-order chi connectivity index (χ1) is 10.7. The van der Waals surface area contributed by atoms with Crippen molar-refractivity contribution < 1.29 is 13.9 Å². The van der Waals surface area contributed by atoms with E-state index in [-0.39, 0.29) is 5.97 Å². The highest BCUT2D eigenvalue weighted by atomic mass is 32.1. The number of rotatable bonds is 4. The second-order valence-corrected chi connectivity index (χ2v) is 5.51. The molecule has 0 amide bonds. The maximum Gasteiger partial charge on any atom is 0.341 e. The molecule has 0 saturated heterocycles. The summed E-state index contributed by atoms with van der Waals surface area (Å²) in [4.78, 5) is 12.3. The van der Waals surface area contributed by atoms with E-state index in [1.165, 1.54) is 0 Å². The number of hydrogen-bond donors (Lipinski definition) is 0.